The minimum absolute atomic E-state index is 0.0803. The highest BCUT2D eigenvalue weighted by atomic mass is 16.5. The smallest absolute Gasteiger partial charge is 0.320 e. The molecule has 0 spiro atoms. The lowest BCUT2D eigenvalue weighted by molar-refractivity contribution is -0.140. The molecule has 3 atom stereocenters. The van der Waals surface area contributed by atoms with Crippen molar-refractivity contribution in [2.45, 2.75) is 39.8 Å². The third-order valence-corrected chi connectivity index (χ3v) is 5.38. The Morgan fingerprint density at radius 2 is 1.84 bits per heavy atom. The topological polar surface area (TPSA) is 98.9 Å². The minimum atomic E-state index is -1.06. The Labute approximate surface area is 183 Å². The molecule has 0 aliphatic carbocycles. The molecular weight excluding hydrogens is 394 g/mol. The molecule has 3 N–H and O–H groups in total. The number of rotatable bonds is 11. The second-order valence-corrected chi connectivity index (χ2v) is 7.84. The maximum atomic E-state index is 12.4. The molecule has 0 aliphatic rings. The van der Waals surface area contributed by atoms with E-state index in [-0.39, 0.29) is 17.6 Å². The predicted octanol–water partition coefficient (Wildman–Crippen LogP) is 4.24. The summed E-state index contributed by atoms with van der Waals surface area (Å²) in [6.45, 7) is 6.00. The van der Waals surface area contributed by atoms with Crippen LogP contribution in [0.25, 0.3) is 6.08 Å². The molecule has 1 unspecified atom stereocenters. The summed E-state index contributed by atoms with van der Waals surface area (Å²) in [4.78, 5) is 23.4. The SMILES string of the molecule is COc1cc(/C=C/C(=O)C(C)C[C@@H](C)[C@@H](N)C(=O)O)ccc1OCc1ccccc1C. The summed E-state index contributed by atoms with van der Waals surface area (Å²) in [6.07, 6.45) is 3.63. The molecule has 0 saturated heterocycles. The molecule has 0 aliphatic heterocycles. The second-order valence-electron chi connectivity index (χ2n) is 7.84. The molecule has 6 heteroatoms. The van der Waals surface area contributed by atoms with Gasteiger partial charge in [0.25, 0.3) is 0 Å². The van der Waals surface area contributed by atoms with E-state index in [0.29, 0.717) is 24.5 Å². The van der Waals surface area contributed by atoms with E-state index < -0.39 is 12.0 Å². The Hall–Kier alpha value is -3.12. The van der Waals surface area contributed by atoms with Gasteiger partial charge < -0.3 is 20.3 Å². The van der Waals surface area contributed by atoms with Gasteiger partial charge in [-0.05, 0) is 54.2 Å². The number of ether oxygens (including phenoxy) is 2. The van der Waals surface area contributed by atoms with Gasteiger partial charge in [0.2, 0.25) is 0 Å². The Morgan fingerprint density at radius 1 is 1.13 bits per heavy atom. The van der Waals surface area contributed by atoms with Crippen molar-refractivity contribution in [2.75, 3.05) is 7.11 Å². The highest BCUT2D eigenvalue weighted by Crippen LogP contribution is 2.29. The molecule has 31 heavy (non-hydrogen) atoms. The maximum absolute atomic E-state index is 12.4. The van der Waals surface area contributed by atoms with Crippen molar-refractivity contribution in [1.29, 1.82) is 0 Å². The molecule has 0 amide bonds. The zero-order chi connectivity index (χ0) is 23.0. The zero-order valence-electron chi connectivity index (χ0n) is 18.5. The maximum Gasteiger partial charge on any atom is 0.320 e. The average molecular weight is 426 g/mol. The molecule has 2 rings (SSSR count). The lowest BCUT2D eigenvalue weighted by Crippen LogP contribution is -2.37. The highest BCUT2D eigenvalue weighted by Gasteiger charge is 2.23. The van der Waals surface area contributed by atoms with Crippen molar-refractivity contribution in [3.63, 3.8) is 0 Å². The van der Waals surface area contributed by atoms with Gasteiger partial charge in [0.1, 0.15) is 12.6 Å². The first-order valence-corrected chi connectivity index (χ1v) is 10.3. The van der Waals surface area contributed by atoms with Gasteiger partial charge in [0.05, 0.1) is 7.11 Å². The highest BCUT2D eigenvalue weighted by molar-refractivity contribution is 5.95. The number of carbonyl (C=O) groups excluding carboxylic acids is 1. The number of carboxylic acids is 1. The van der Waals surface area contributed by atoms with Crippen LogP contribution in [0.2, 0.25) is 0 Å². The van der Waals surface area contributed by atoms with Gasteiger partial charge in [0, 0.05) is 5.92 Å². The third-order valence-electron chi connectivity index (χ3n) is 5.38. The van der Waals surface area contributed by atoms with Gasteiger partial charge >= 0.3 is 5.97 Å². The summed E-state index contributed by atoms with van der Waals surface area (Å²) < 4.78 is 11.4. The van der Waals surface area contributed by atoms with Crippen molar-refractivity contribution in [1.82, 2.24) is 0 Å². The molecule has 0 heterocycles. The Bertz CT molecular complexity index is 937. The Balaban J connectivity index is 2.01. The molecule has 0 radical (unpaired) electrons. The van der Waals surface area contributed by atoms with Gasteiger partial charge in [-0.3, -0.25) is 9.59 Å². The van der Waals surface area contributed by atoms with E-state index in [9.17, 15) is 9.59 Å². The van der Waals surface area contributed by atoms with Gasteiger partial charge in [-0.2, -0.15) is 0 Å². The average Bonchev–Trinajstić information content (AvgIpc) is 2.76. The van der Waals surface area contributed by atoms with E-state index in [1.807, 2.05) is 49.4 Å². The van der Waals surface area contributed by atoms with Crippen molar-refractivity contribution >= 4 is 17.8 Å². The van der Waals surface area contributed by atoms with E-state index in [2.05, 4.69) is 0 Å². The largest absolute Gasteiger partial charge is 0.493 e. The van der Waals surface area contributed by atoms with Crippen molar-refractivity contribution < 1.29 is 24.2 Å². The normalized spacial score (nSPS) is 14.1. The minimum Gasteiger partial charge on any atom is -0.493 e. The number of methoxy groups -OCH3 is 1. The fourth-order valence-corrected chi connectivity index (χ4v) is 3.24. The fraction of sp³-hybridized carbons (Fsp3) is 0.360. The number of carboxylic acid groups (broad SMARTS) is 1. The van der Waals surface area contributed by atoms with E-state index in [1.54, 1.807) is 27.0 Å². The van der Waals surface area contributed by atoms with Crippen molar-refractivity contribution in [3.8, 4) is 11.5 Å². The molecule has 2 aromatic carbocycles. The first kappa shape index (κ1) is 24.2. The van der Waals surface area contributed by atoms with Crippen LogP contribution in [-0.2, 0) is 16.2 Å². The number of aryl methyl sites for hydroxylation is 1. The van der Waals surface area contributed by atoms with E-state index >= 15 is 0 Å². The Morgan fingerprint density at radius 3 is 2.48 bits per heavy atom. The van der Waals surface area contributed by atoms with Crippen LogP contribution in [0.5, 0.6) is 11.5 Å². The molecule has 6 nitrogen and oxygen atoms in total. The van der Waals surface area contributed by atoms with Crippen LogP contribution < -0.4 is 15.2 Å². The second kappa shape index (κ2) is 11.3. The van der Waals surface area contributed by atoms with E-state index in [1.165, 1.54) is 6.08 Å². The van der Waals surface area contributed by atoms with Gasteiger partial charge in [-0.1, -0.05) is 50.3 Å². The van der Waals surface area contributed by atoms with E-state index in [0.717, 1.165) is 16.7 Å². The third kappa shape index (κ3) is 6.96. The van der Waals surface area contributed by atoms with Gasteiger partial charge in [-0.15, -0.1) is 0 Å². The summed E-state index contributed by atoms with van der Waals surface area (Å²) in [5.41, 5.74) is 8.70. The standard InChI is InChI=1S/C25H31NO5/c1-16-7-5-6-8-20(16)15-31-22-12-10-19(14-23(22)30-4)9-11-21(27)17(2)13-18(3)24(26)25(28)29/h5-12,14,17-18,24H,13,15,26H2,1-4H3,(H,28,29)/b11-9+/t17?,18-,24-/m1/s1. The van der Waals surface area contributed by atoms with Crippen molar-refractivity contribution in [3.05, 3.63) is 65.2 Å². The first-order chi connectivity index (χ1) is 14.7. The molecule has 0 aromatic heterocycles. The monoisotopic (exact) mass is 425 g/mol. The van der Waals surface area contributed by atoms with Crippen LogP contribution in [0.4, 0.5) is 0 Å². The first-order valence-electron chi connectivity index (χ1n) is 10.3. The lowest BCUT2D eigenvalue weighted by atomic mass is 9.89. The number of hydrogen-bond donors (Lipinski definition) is 2. The van der Waals surface area contributed by atoms with Crippen LogP contribution in [0.3, 0.4) is 0 Å². The summed E-state index contributed by atoms with van der Waals surface area (Å²) in [5.74, 6) is -0.552. The van der Waals surface area contributed by atoms with Crippen LogP contribution in [0.15, 0.2) is 48.5 Å². The summed E-state index contributed by atoms with van der Waals surface area (Å²) >= 11 is 0. The number of allylic oxidation sites excluding steroid dienone is 1. The number of benzene rings is 2. The van der Waals surface area contributed by atoms with Crippen LogP contribution in [0, 0.1) is 18.8 Å². The van der Waals surface area contributed by atoms with Gasteiger partial charge in [0.15, 0.2) is 17.3 Å². The van der Waals surface area contributed by atoms with Crippen molar-refractivity contribution in [2.24, 2.45) is 17.6 Å². The number of nitrogens with two attached hydrogens (primary N) is 1. The number of hydrogen-bond acceptors (Lipinski definition) is 5. The predicted molar refractivity (Wildman–Crippen MR) is 121 cm³/mol. The number of aliphatic carboxylic acids is 1. The molecule has 0 saturated carbocycles. The van der Waals surface area contributed by atoms with Crippen LogP contribution in [-0.4, -0.2) is 30.0 Å². The zero-order valence-corrected chi connectivity index (χ0v) is 18.5. The fourth-order valence-electron chi connectivity index (χ4n) is 3.24. The molecular formula is C25H31NO5. The summed E-state index contributed by atoms with van der Waals surface area (Å²) in [7, 11) is 1.57. The van der Waals surface area contributed by atoms with Crippen LogP contribution >= 0.6 is 0 Å². The molecule has 166 valence electrons. The lowest BCUT2D eigenvalue weighted by Gasteiger charge is -2.18. The summed E-state index contributed by atoms with van der Waals surface area (Å²) in [6, 6.07) is 12.5. The summed E-state index contributed by atoms with van der Waals surface area (Å²) in [5, 5.41) is 9.00. The number of ketones is 1. The quantitative estimate of drug-likeness (QED) is 0.523. The number of carbonyl (C=O) groups is 2. The Kier molecular flexibility index (Phi) is 8.82. The molecule has 0 bridgehead atoms. The van der Waals surface area contributed by atoms with Gasteiger partial charge in [-0.25, -0.2) is 0 Å². The van der Waals surface area contributed by atoms with E-state index in [4.69, 9.17) is 20.3 Å². The molecule has 2 aromatic rings. The molecule has 0 fully saturated rings. The van der Waals surface area contributed by atoms with Crippen LogP contribution in [0.1, 0.15) is 37.0 Å².